The predicted molar refractivity (Wildman–Crippen MR) is 157 cm³/mol. The number of benzene rings is 3. The molecule has 0 saturated heterocycles. The van der Waals surface area contributed by atoms with Gasteiger partial charge in [0.25, 0.3) is 5.91 Å². The lowest BCUT2D eigenvalue weighted by Crippen LogP contribution is -2.28. The molecule has 39 heavy (non-hydrogen) atoms. The molecule has 0 aliphatic heterocycles. The number of guanidine groups is 1. The van der Waals surface area contributed by atoms with Crippen molar-refractivity contribution in [3.8, 4) is 0 Å². The molecule has 0 aliphatic carbocycles. The number of ketones is 1. The third kappa shape index (κ3) is 7.22. The molecular weight excluding hydrogens is 490 g/mol. The Kier molecular flexibility index (Phi) is 8.94. The zero-order valence-corrected chi connectivity index (χ0v) is 22.0. The summed E-state index contributed by atoms with van der Waals surface area (Å²) in [5, 5.41) is 13.8. The number of amidine groups is 1. The van der Waals surface area contributed by atoms with Crippen LogP contribution in [0.2, 0.25) is 0 Å². The topological polar surface area (TPSA) is 165 Å². The van der Waals surface area contributed by atoms with Gasteiger partial charge in [0.15, 0.2) is 11.7 Å². The number of carbonyl (C=O) groups is 2. The van der Waals surface area contributed by atoms with E-state index in [4.69, 9.17) is 22.6 Å². The van der Waals surface area contributed by atoms with Crippen LogP contribution in [0, 0.1) is 5.41 Å². The highest BCUT2D eigenvalue weighted by atomic mass is 16.2. The molecule has 0 atom stereocenters. The molecule has 8 N–H and O–H groups in total. The Morgan fingerprint density at radius 2 is 1.72 bits per heavy atom. The van der Waals surface area contributed by atoms with Gasteiger partial charge in [-0.2, -0.15) is 0 Å². The number of unbranched alkanes of at least 4 members (excludes halogenated alkanes) is 1. The molecule has 1 heterocycles. The van der Waals surface area contributed by atoms with Gasteiger partial charge >= 0.3 is 0 Å². The number of aryl methyl sites for hydroxylation is 1. The van der Waals surface area contributed by atoms with E-state index < -0.39 is 0 Å². The minimum Gasteiger partial charge on any atom is -0.388 e. The van der Waals surface area contributed by atoms with Gasteiger partial charge in [0.2, 0.25) is 0 Å². The Bertz CT molecular complexity index is 1530. The van der Waals surface area contributed by atoms with Crippen LogP contribution in [-0.4, -0.2) is 41.1 Å². The second kappa shape index (κ2) is 12.7. The van der Waals surface area contributed by atoms with E-state index in [1.165, 1.54) is 16.3 Å². The molecule has 1 aromatic heterocycles. The normalized spacial score (nSPS) is 11.0. The zero-order chi connectivity index (χ0) is 27.8. The highest BCUT2D eigenvalue weighted by Gasteiger charge is 2.16. The summed E-state index contributed by atoms with van der Waals surface area (Å²) in [5.74, 6) is -0.202. The molecule has 9 nitrogen and oxygen atoms in total. The number of amides is 1. The number of aliphatic imine (C=N–C) groups is 1. The SMILES string of the molecule is N=C(N)CCCCn1c(C(=O)NCCc2cccc3ccccc23)cc2cc(CC(=O)CN=C(N)N)ccc21. The van der Waals surface area contributed by atoms with E-state index in [0.29, 0.717) is 31.6 Å². The van der Waals surface area contributed by atoms with Crippen LogP contribution in [0.1, 0.15) is 40.9 Å². The van der Waals surface area contributed by atoms with Gasteiger partial charge in [-0.3, -0.25) is 15.0 Å². The highest BCUT2D eigenvalue weighted by Crippen LogP contribution is 2.24. The first-order valence-electron chi connectivity index (χ1n) is 13.1. The third-order valence-electron chi connectivity index (χ3n) is 6.68. The maximum atomic E-state index is 13.4. The van der Waals surface area contributed by atoms with Crippen molar-refractivity contribution in [1.82, 2.24) is 9.88 Å². The number of aromatic nitrogens is 1. The number of hydrogen-bond donors (Lipinski definition) is 5. The number of carbonyl (C=O) groups excluding carboxylic acids is 2. The number of hydrogen-bond acceptors (Lipinski definition) is 4. The van der Waals surface area contributed by atoms with Crippen molar-refractivity contribution in [2.24, 2.45) is 22.2 Å². The first kappa shape index (κ1) is 27.4. The van der Waals surface area contributed by atoms with E-state index in [2.05, 4.69) is 34.6 Å². The van der Waals surface area contributed by atoms with Gasteiger partial charge < -0.3 is 27.1 Å². The average molecular weight is 526 g/mol. The Balaban J connectivity index is 1.51. The molecule has 0 aliphatic rings. The second-order valence-electron chi connectivity index (χ2n) is 9.66. The fourth-order valence-corrected chi connectivity index (χ4v) is 4.82. The Hall–Kier alpha value is -4.66. The van der Waals surface area contributed by atoms with Crippen LogP contribution >= 0.6 is 0 Å². The van der Waals surface area contributed by atoms with Gasteiger partial charge in [0.1, 0.15) is 12.2 Å². The van der Waals surface area contributed by atoms with Crippen molar-refractivity contribution >= 4 is 45.2 Å². The number of fused-ring (bicyclic) bond motifs is 2. The third-order valence-corrected chi connectivity index (χ3v) is 6.68. The number of nitrogens with zero attached hydrogens (tertiary/aromatic N) is 2. The van der Waals surface area contributed by atoms with E-state index in [-0.39, 0.29) is 36.5 Å². The quantitative estimate of drug-likeness (QED) is 0.102. The molecule has 0 saturated carbocycles. The van der Waals surface area contributed by atoms with Gasteiger partial charge in [-0.15, -0.1) is 0 Å². The standard InChI is InChI=1S/C30H35N7O2/c31-28(32)10-3-4-15-37-26-12-11-20(17-24(38)19-36-30(33)34)16-23(26)18-27(37)29(39)35-14-13-22-8-5-7-21-6-1-2-9-25(21)22/h1-2,5-9,11-12,16,18H,3-4,10,13-15,17,19H2,(H3,31,32)(H,35,39)(H4,33,34,36). The molecule has 202 valence electrons. The van der Waals surface area contributed by atoms with Crippen LogP contribution in [0.4, 0.5) is 0 Å². The number of nitrogens with two attached hydrogens (primary N) is 3. The van der Waals surface area contributed by atoms with Crippen LogP contribution in [0.15, 0.2) is 71.7 Å². The smallest absolute Gasteiger partial charge is 0.267 e. The molecule has 0 spiro atoms. The van der Waals surface area contributed by atoms with Gasteiger partial charge in [-0.05, 0) is 59.4 Å². The number of nitrogens with one attached hydrogen (secondary N) is 2. The number of Topliss-reactive ketones (excluding diaryl/α,β-unsaturated/α-hetero) is 1. The van der Waals surface area contributed by atoms with E-state index in [1.54, 1.807) is 0 Å². The zero-order valence-electron chi connectivity index (χ0n) is 22.0. The molecule has 0 unspecified atom stereocenters. The maximum Gasteiger partial charge on any atom is 0.267 e. The Morgan fingerprint density at radius 1 is 0.923 bits per heavy atom. The molecule has 0 fully saturated rings. The largest absolute Gasteiger partial charge is 0.388 e. The minimum absolute atomic E-state index is 0.0676. The van der Waals surface area contributed by atoms with E-state index in [9.17, 15) is 9.59 Å². The van der Waals surface area contributed by atoms with Gasteiger partial charge in [0.05, 0.1) is 5.84 Å². The lowest BCUT2D eigenvalue weighted by Gasteiger charge is -2.12. The highest BCUT2D eigenvalue weighted by molar-refractivity contribution is 5.99. The molecule has 0 bridgehead atoms. The lowest BCUT2D eigenvalue weighted by molar-refractivity contribution is -0.117. The Morgan fingerprint density at radius 3 is 2.51 bits per heavy atom. The maximum absolute atomic E-state index is 13.4. The van der Waals surface area contributed by atoms with Gasteiger partial charge in [-0.25, -0.2) is 4.99 Å². The van der Waals surface area contributed by atoms with Crippen molar-refractivity contribution < 1.29 is 9.59 Å². The van der Waals surface area contributed by atoms with Crippen LogP contribution in [0.25, 0.3) is 21.7 Å². The summed E-state index contributed by atoms with van der Waals surface area (Å²) in [6.45, 7) is 1.05. The fraction of sp³-hybridized carbons (Fsp3) is 0.267. The lowest BCUT2D eigenvalue weighted by atomic mass is 10.0. The number of rotatable bonds is 13. The van der Waals surface area contributed by atoms with Crippen LogP contribution in [0.3, 0.4) is 0 Å². The van der Waals surface area contributed by atoms with Crippen molar-refractivity contribution in [3.05, 3.63) is 83.6 Å². The van der Waals surface area contributed by atoms with Crippen LogP contribution in [-0.2, 0) is 24.2 Å². The van der Waals surface area contributed by atoms with E-state index >= 15 is 0 Å². The second-order valence-corrected chi connectivity index (χ2v) is 9.66. The summed E-state index contributed by atoms with van der Waals surface area (Å²) in [6, 6.07) is 22.1. The van der Waals surface area contributed by atoms with Crippen molar-refractivity contribution in [2.75, 3.05) is 13.1 Å². The Labute approximate surface area is 227 Å². The summed E-state index contributed by atoms with van der Waals surface area (Å²) in [7, 11) is 0. The first-order valence-corrected chi connectivity index (χ1v) is 13.1. The molecule has 0 radical (unpaired) electrons. The van der Waals surface area contributed by atoms with E-state index in [1.807, 2.05) is 47.0 Å². The minimum atomic E-state index is -0.150. The van der Waals surface area contributed by atoms with Crippen LogP contribution < -0.4 is 22.5 Å². The molecule has 3 aromatic carbocycles. The average Bonchev–Trinajstić information content (AvgIpc) is 3.27. The fourth-order valence-electron chi connectivity index (χ4n) is 4.82. The van der Waals surface area contributed by atoms with Crippen molar-refractivity contribution in [3.63, 3.8) is 0 Å². The molecule has 4 aromatic rings. The van der Waals surface area contributed by atoms with E-state index in [0.717, 1.165) is 29.3 Å². The summed E-state index contributed by atoms with van der Waals surface area (Å²) >= 11 is 0. The summed E-state index contributed by atoms with van der Waals surface area (Å²) in [6.07, 6.45) is 2.97. The van der Waals surface area contributed by atoms with Gasteiger partial charge in [-0.1, -0.05) is 48.5 Å². The molecular formula is C30H35N7O2. The predicted octanol–water partition coefficient (Wildman–Crippen LogP) is 3.26. The summed E-state index contributed by atoms with van der Waals surface area (Å²) in [4.78, 5) is 29.4. The monoisotopic (exact) mass is 525 g/mol. The molecule has 4 rings (SSSR count). The summed E-state index contributed by atoms with van der Waals surface area (Å²) < 4.78 is 2.01. The van der Waals surface area contributed by atoms with Crippen molar-refractivity contribution in [2.45, 2.75) is 38.6 Å². The van der Waals surface area contributed by atoms with Crippen molar-refractivity contribution in [1.29, 1.82) is 5.41 Å². The van der Waals surface area contributed by atoms with Gasteiger partial charge in [0, 0.05) is 36.8 Å². The first-order chi connectivity index (χ1) is 18.8. The van der Waals surface area contributed by atoms with Crippen LogP contribution in [0.5, 0.6) is 0 Å². The molecule has 9 heteroatoms. The summed E-state index contributed by atoms with van der Waals surface area (Å²) in [5.41, 5.74) is 19.7. The molecule has 1 amide bonds.